The summed E-state index contributed by atoms with van der Waals surface area (Å²) in [6.07, 6.45) is 13.6. The molecule has 0 amide bonds. The van der Waals surface area contributed by atoms with Crippen LogP contribution in [0.15, 0.2) is 24.3 Å². The molecular weight excluding hydrogens is 396 g/mol. The number of carboxylic acids is 1. The number of hydrogen-bond donors (Lipinski definition) is 3. The van der Waals surface area contributed by atoms with Crippen molar-refractivity contribution < 1.29 is 20.1 Å². The maximum Gasteiger partial charge on any atom is 0.303 e. The zero-order valence-electron chi connectivity index (χ0n) is 16.1. The molecule has 3 N–H and O–H groups in total. The number of allylic oxidation sites excluding steroid dienone is 2. The number of aliphatic carboxylic acids is 1. The molecule has 150 valence electrons. The van der Waals surface area contributed by atoms with Gasteiger partial charge in [0.05, 0.1) is 12.2 Å². The van der Waals surface area contributed by atoms with Crippen molar-refractivity contribution >= 4 is 21.9 Å². The molecule has 0 aromatic heterocycles. The fourth-order valence-corrected chi connectivity index (χ4v) is 4.49. The Balaban J connectivity index is 2.54. The highest BCUT2D eigenvalue weighted by atomic mass is 79.9. The van der Waals surface area contributed by atoms with E-state index in [0.29, 0.717) is 12.8 Å². The topological polar surface area (TPSA) is 77.8 Å². The second-order valence-corrected chi connectivity index (χ2v) is 8.72. The third-order valence-electron chi connectivity index (χ3n) is 5.33. The van der Waals surface area contributed by atoms with Crippen LogP contribution in [-0.2, 0) is 4.79 Å². The van der Waals surface area contributed by atoms with Crippen molar-refractivity contribution in [1.82, 2.24) is 0 Å². The van der Waals surface area contributed by atoms with Crippen LogP contribution in [0, 0.1) is 17.8 Å². The van der Waals surface area contributed by atoms with Crippen molar-refractivity contribution in [1.29, 1.82) is 0 Å². The summed E-state index contributed by atoms with van der Waals surface area (Å²) in [6, 6.07) is 0. The highest BCUT2D eigenvalue weighted by molar-refractivity contribution is 9.09. The van der Waals surface area contributed by atoms with Crippen molar-refractivity contribution in [2.45, 2.75) is 82.2 Å². The lowest BCUT2D eigenvalue weighted by Crippen LogP contribution is -2.20. The van der Waals surface area contributed by atoms with E-state index in [0.717, 1.165) is 32.1 Å². The van der Waals surface area contributed by atoms with Crippen LogP contribution in [0.5, 0.6) is 0 Å². The lowest BCUT2D eigenvalue weighted by atomic mass is 9.89. The van der Waals surface area contributed by atoms with Crippen molar-refractivity contribution in [3.8, 4) is 0 Å². The summed E-state index contributed by atoms with van der Waals surface area (Å²) in [5.41, 5.74) is 0. The third kappa shape index (κ3) is 8.36. The van der Waals surface area contributed by atoms with Gasteiger partial charge in [0.1, 0.15) is 0 Å². The van der Waals surface area contributed by atoms with Crippen molar-refractivity contribution in [2.75, 3.05) is 0 Å². The van der Waals surface area contributed by atoms with Crippen LogP contribution in [0.4, 0.5) is 0 Å². The highest BCUT2D eigenvalue weighted by Gasteiger charge is 2.39. The molecule has 0 saturated heterocycles. The summed E-state index contributed by atoms with van der Waals surface area (Å²) in [7, 11) is 0. The van der Waals surface area contributed by atoms with Crippen LogP contribution < -0.4 is 0 Å². The van der Waals surface area contributed by atoms with Gasteiger partial charge in [-0.25, -0.2) is 0 Å². The first kappa shape index (κ1) is 23.4. The summed E-state index contributed by atoms with van der Waals surface area (Å²) in [6.45, 7) is 4.22. The van der Waals surface area contributed by atoms with Crippen LogP contribution in [0.1, 0.15) is 65.2 Å². The van der Waals surface area contributed by atoms with Gasteiger partial charge in [-0.2, -0.15) is 0 Å². The van der Waals surface area contributed by atoms with E-state index in [4.69, 9.17) is 5.11 Å². The van der Waals surface area contributed by atoms with E-state index in [9.17, 15) is 15.0 Å². The second kappa shape index (κ2) is 12.7. The first-order chi connectivity index (χ1) is 12.4. The molecule has 5 heteroatoms. The molecule has 0 radical (unpaired) electrons. The zero-order chi connectivity index (χ0) is 19.5. The molecule has 1 rings (SSSR count). The summed E-state index contributed by atoms with van der Waals surface area (Å²) >= 11 is 3.69. The molecule has 0 aromatic carbocycles. The minimum absolute atomic E-state index is 0.0380. The Labute approximate surface area is 166 Å². The van der Waals surface area contributed by atoms with E-state index in [-0.39, 0.29) is 35.1 Å². The Morgan fingerprint density at radius 2 is 2.04 bits per heavy atom. The molecule has 1 aliphatic carbocycles. The number of rotatable bonds is 12. The zero-order valence-corrected chi connectivity index (χ0v) is 17.6. The monoisotopic (exact) mass is 430 g/mol. The van der Waals surface area contributed by atoms with Crippen molar-refractivity contribution in [2.24, 2.45) is 17.8 Å². The molecule has 0 spiro atoms. The lowest BCUT2D eigenvalue weighted by molar-refractivity contribution is -0.137. The number of alkyl halides is 1. The molecule has 4 nitrogen and oxygen atoms in total. The van der Waals surface area contributed by atoms with E-state index in [1.54, 1.807) is 0 Å². The summed E-state index contributed by atoms with van der Waals surface area (Å²) in [5.74, 6) is -0.196. The van der Waals surface area contributed by atoms with Gasteiger partial charge in [0.25, 0.3) is 0 Å². The molecule has 26 heavy (non-hydrogen) atoms. The van der Waals surface area contributed by atoms with Crippen LogP contribution in [0.3, 0.4) is 0 Å². The smallest absolute Gasteiger partial charge is 0.303 e. The second-order valence-electron chi connectivity index (χ2n) is 7.55. The lowest BCUT2D eigenvalue weighted by Gasteiger charge is -2.21. The molecule has 0 aliphatic heterocycles. The minimum Gasteiger partial charge on any atom is -0.481 e. The summed E-state index contributed by atoms with van der Waals surface area (Å²) < 4.78 is 0. The predicted octanol–water partition coefficient (Wildman–Crippen LogP) is 4.69. The number of halogens is 1. The SMILES string of the molecule is CCCCC(C)[C@H](O)C=C[C@@H]1[C@@H](CC=CCCCC(=O)O)[C@H](Br)C[C@H]1O. The largest absolute Gasteiger partial charge is 0.481 e. The van der Waals surface area contributed by atoms with E-state index in [2.05, 4.69) is 35.9 Å². The molecule has 1 saturated carbocycles. The van der Waals surface area contributed by atoms with E-state index >= 15 is 0 Å². The van der Waals surface area contributed by atoms with Gasteiger partial charge in [0.2, 0.25) is 0 Å². The molecule has 0 heterocycles. The highest BCUT2D eigenvalue weighted by Crippen LogP contribution is 2.40. The normalized spacial score (nSPS) is 28.8. The molecule has 1 fully saturated rings. The summed E-state index contributed by atoms with van der Waals surface area (Å²) in [4.78, 5) is 10.8. The third-order valence-corrected chi connectivity index (χ3v) is 6.39. The number of aliphatic hydroxyl groups is 2. The Morgan fingerprint density at radius 1 is 1.31 bits per heavy atom. The number of hydrogen-bond acceptors (Lipinski definition) is 3. The Hall–Kier alpha value is -0.650. The number of unbranched alkanes of at least 4 members (excludes halogenated alkanes) is 2. The van der Waals surface area contributed by atoms with Gasteiger partial charge in [0.15, 0.2) is 0 Å². The van der Waals surface area contributed by atoms with Gasteiger partial charge < -0.3 is 15.3 Å². The fraction of sp³-hybridized carbons (Fsp3) is 0.762. The van der Waals surface area contributed by atoms with Crippen LogP contribution in [0.2, 0.25) is 0 Å². The van der Waals surface area contributed by atoms with Gasteiger partial charge in [0, 0.05) is 17.2 Å². The maximum atomic E-state index is 10.5. The van der Waals surface area contributed by atoms with Gasteiger partial charge in [-0.1, -0.05) is 66.9 Å². The van der Waals surface area contributed by atoms with Crippen LogP contribution in [0.25, 0.3) is 0 Å². The van der Waals surface area contributed by atoms with E-state index < -0.39 is 12.1 Å². The van der Waals surface area contributed by atoms with Gasteiger partial charge >= 0.3 is 5.97 Å². The fourth-order valence-electron chi connectivity index (χ4n) is 3.54. The molecule has 0 aromatic rings. The van der Waals surface area contributed by atoms with Gasteiger partial charge in [-0.3, -0.25) is 4.79 Å². The minimum atomic E-state index is -0.755. The maximum absolute atomic E-state index is 10.5. The quantitative estimate of drug-likeness (QED) is 0.238. The Morgan fingerprint density at radius 3 is 2.69 bits per heavy atom. The van der Waals surface area contributed by atoms with Gasteiger partial charge in [-0.05, 0) is 43.9 Å². The number of carbonyl (C=O) groups is 1. The Bertz CT molecular complexity index is 463. The standard InChI is InChI=1S/C21H35BrO4/c1-3-4-9-15(2)19(23)13-12-17-16(18(22)14-20(17)24)10-7-5-6-8-11-21(25)26/h5,7,12-13,15-20,23-24H,3-4,6,8-11,14H2,1-2H3,(H,25,26)/t15?,16-,17-,18-,19-,20-/m1/s1. The van der Waals surface area contributed by atoms with E-state index in [1.807, 2.05) is 18.2 Å². The average molecular weight is 431 g/mol. The average Bonchev–Trinajstić information content (AvgIpc) is 2.86. The number of carboxylic acid groups (broad SMARTS) is 1. The first-order valence-electron chi connectivity index (χ1n) is 9.92. The van der Waals surface area contributed by atoms with Crippen molar-refractivity contribution in [3.05, 3.63) is 24.3 Å². The van der Waals surface area contributed by atoms with E-state index in [1.165, 1.54) is 0 Å². The Kier molecular flexibility index (Phi) is 11.4. The number of aliphatic hydroxyl groups excluding tert-OH is 2. The van der Waals surface area contributed by atoms with Crippen molar-refractivity contribution in [3.63, 3.8) is 0 Å². The molecular formula is C21H35BrO4. The first-order valence-corrected chi connectivity index (χ1v) is 10.8. The molecule has 6 atom stereocenters. The molecule has 1 unspecified atom stereocenters. The molecule has 1 aliphatic rings. The predicted molar refractivity (Wildman–Crippen MR) is 109 cm³/mol. The van der Waals surface area contributed by atoms with Gasteiger partial charge in [-0.15, -0.1) is 0 Å². The molecule has 0 bridgehead atoms. The van der Waals surface area contributed by atoms with Crippen LogP contribution in [-0.4, -0.2) is 38.3 Å². The summed E-state index contributed by atoms with van der Waals surface area (Å²) in [5, 5.41) is 29.3. The van der Waals surface area contributed by atoms with Crippen LogP contribution >= 0.6 is 15.9 Å².